The third-order valence-corrected chi connectivity index (χ3v) is 4.82. The molecule has 3 aromatic rings. The predicted molar refractivity (Wildman–Crippen MR) is 96.4 cm³/mol. The van der Waals surface area contributed by atoms with E-state index in [0.29, 0.717) is 18.5 Å². The third-order valence-electron chi connectivity index (χ3n) is 4.00. The molecular weight excluding hydrogens is 322 g/mol. The molecule has 2 aromatic heterocycles. The first-order valence-corrected chi connectivity index (χ1v) is 8.77. The van der Waals surface area contributed by atoms with E-state index in [1.165, 1.54) is 27.8 Å². The second-order valence-electron chi connectivity index (χ2n) is 5.75. The van der Waals surface area contributed by atoms with Crippen molar-refractivity contribution in [2.45, 2.75) is 25.8 Å². The van der Waals surface area contributed by atoms with E-state index in [-0.39, 0.29) is 23.8 Å². The Labute approximate surface area is 144 Å². The van der Waals surface area contributed by atoms with Gasteiger partial charge in [0.15, 0.2) is 0 Å². The molecule has 2 heterocycles. The Kier molecular flexibility index (Phi) is 5.05. The lowest BCUT2D eigenvalue weighted by molar-refractivity contribution is -0.121. The number of carbonyl (C=O) groups excluding carboxylic acids is 1. The Morgan fingerprint density at radius 2 is 2.08 bits per heavy atom. The van der Waals surface area contributed by atoms with Gasteiger partial charge in [0.1, 0.15) is 4.83 Å². The number of carbonyl (C=O) groups is 1. The highest BCUT2D eigenvalue weighted by molar-refractivity contribution is 7.16. The van der Waals surface area contributed by atoms with Crippen LogP contribution in [0.1, 0.15) is 24.8 Å². The Morgan fingerprint density at radius 1 is 1.29 bits per heavy atom. The molecule has 1 aromatic carbocycles. The number of aryl methyl sites for hydroxylation is 1. The minimum absolute atomic E-state index is 0.0601. The second-order valence-corrected chi connectivity index (χ2v) is 6.64. The molecule has 1 amide bonds. The molecule has 0 unspecified atom stereocenters. The van der Waals surface area contributed by atoms with E-state index in [0.717, 1.165) is 4.83 Å². The molecule has 0 bridgehead atoms. The van der Waals surface area contributed by atoms with Gasteiger partial charge in [0.2, 0.25) is 5.91 Å². The van der Waals surface area contributed by atoms with E-state index in [9.17, 15) is 9.59 Å². The van der Waals surface area contributed by atoms with E-state index in [1.54, 1.807) is 6.07 Å². The number of thiophene rings is 1. The van der Waals surface area contributed by atoms with Crippen LogP contribution in [0, 0.1) is 0 Å². The molecule has 1 atom stereocenters. The summed E-state index contributed by atoms with van der Waals surface area (Å²) in [6, 6.07) is 11.8. The van der Waals surface area contributed by atoms with Gasteiger partial charge < -0.3 is 5.32 Å². The van der Waals surface area contributed by atoms with Crippen LogP contribution in [-0.2, 0) is 11.3 Å². The summed E-state index contributed by atoms with van der Waals surface area (Å²) >= 11 is 1.44. The molecular formula is C18H19N3O2S. The van der Waals surface area contributed by atoms with Crippen molar-refractivity contribution in [2.75, 3.05) is 6.54 Å². The number of aromatic nitrogens is 2. The van der Waals surface area contributed by atoms with Crippen molar-refractivity contribution in [3.63, 3.8) is 0 Å². The first-order chi connectivity index (χ1) is 11.6. The number of nitrogens with zero attached hydrogens (tertiary/aromatic N) is 2. The quantitative estimate of drug-likeness (QED) is 0.750. The van der Waals surface area contributed by atoms with Crippen LogP contribution in [0.3, 0.4) is 0 Å². The van der Waals surface area contributed by atoms with Gasteiger partial charge in [-0.25, -0.2) is 4.98 Å². The number of benzene rings is 1. The molecule has 0 saturated carbocycles. The normalized spacial score (nSPS) is 12.2. The van der Waals surface area contributed by atoms with E-state index >= 15 is 0 Å². The average Bonchev–Trinajstić information content (AvgIpc) is 3.09. The molecule has 124 valence electrons. The lowest BCUT2D eigenvalue weighted by atomic mass is 10.0. The van der Waals surface area contributed by atoms with Crippen molar-refractivity contribution in [1.82, 2.24) is 14.9 Å². The van der Waals surface area contributed by atoms with E-state index in [2.05, 4.69) is 29.4 Å². The van der Waals surface area contributed by atoms with E-state index in [1.807, 2.05) is 23.6 Å². The van der Waals surface area contributed by atoms with Gasteiger partial charge in [0, 0.05) is 19.5 Å². The van der Waals surface area contributed by atoms with Crippen LogP contribution < -0.4 is 10.9 Å². The van der Waals surface area contributed by atoms with E-state index in [4.69, 9.17) is 0 Å². The smallest absolute Gasteiger partial charge is 0.262 e. The monoisotopic (exact) mass is 341 g/mol. The van der Waals surface area contributed by atoms with E-state index < -0.39 is 0 Å². The molecule has 6 heteroatoms. The molecule has 0 aliphatic heterocycles. The van der Waals surface area contributed by atoms with Crippen LogP contribution in [0.15, 0.2) is 52.9 Å². The van der Waals surface area contributed by atoms with Crippen molar-refractivity contribution < 1.29 is 4.79 Å². The van der Waals surface area contributed by atoms with Crippen molar-refractivity contribution in [2.24, 2.45) is 0 Å². The van der Waals surface area contributed by atoms with Crippen LogP contribution in [0.25, 0.3) is 10.2 Å². The lowest BCUT2D eigenvalue weighted by Gasteiger charge is -2.13. The van der Waals surface area contributed by atoms with Gasteiger partial charge >= 0.3 is 0 Å². The number of hydrogen-bond donors (Lipinski definition) is 1. The van der Waals surface area contributed by atoms with Crippen molar-refractivity contribution >= 4 is 27.5 Å². The zero-order valence-electron chi connectivity index (χ0n) is 13.4. The van der Waals surface area contributed by atoms with Gasteiger partial charge in [-0.15, -0.1) is 11.3 Å². The number of nitrogens with one attached hydrogen (secondary N) is 1. The fraction of sp³-hybridized carbons (Fsp3) is 0.278. The van der Waals surface area contributed by atoms with Gasteiger partial charge in [-0.1, -0.05) is 37.3 Å². The molecule has 3 rings (SSSR count). The Morgan fingerprint density at radius 3 is 2.88 bits per heavy atom. The molecule has 0 spiro atoms. The summed E-state index contributed by atoms with van der Waals surface area (Å²) in [7, 11) is 0. The third kappa shape index (κ3) is 3.71. The summed E-state index contributed by atoms with van der Waals surface area (Å²) in [5.41, 5.74) is 1.10. The minimum atomic E-state index is -0.0910. The number of rotatable bonds is 6. The topological polar surface area (TPSA) is 64.0 Å². The second kappa shape index (κ2) is 7.40. The maximum absolute atomic E-state index is 12.3. The van der Waals surface area contributed by atoms with Gasteiger partial charge in [-0.2, -0.15) is 0 Å². The van der Waals surface area contributed by atoms with Crippen molar-refractivity contribution in [3.05, 3.63) is 64.0 Å². The summed E-state index contributed by atoms with van der Waals surface area (Å²) in [5.74, 6) is 0.191. The first kappa shape index (κ1) is 16.4. The summed E-state index contributed by atoms with van der Waals surface area (Å²) in [5, 5.41) is 5.39. The van der Waals surface area contributed by atoms with Crippen molar-refractivity contribution in [3.8, 4) is 0 Å². The molecule has 0 aliphatic carbocycles. The summed E-state index contributed by atoms with van der Waals surface area (Å²) < 4.78 is 1.50. The first-order valence-electron chi connectivity index (χ1n) is 7.89. The van der Waals surface area contributed by atoms with Crippen molar-refractivity contribution in [1.29, 1.82) is 0 Å². The van der Waals surface area contributed by atoms with Gasteiger partial charge in [0.25, 0.3) is 5.56 Å². The highest BCUT2D eigenvalue weighted by Gasteiger charge is 2.09. The maximum atomic E-state index is 12.3. The SMILES string of the molecule is C[C@H](CNC(=O)CCn1cnc2sccc2c1=O)c1ccccc1. The molecule has 0 fully saturated rings. The average molecular weight is 341 g/mol. The minimum Gasteiger partial charge on any atom is -0.355 e. The molecule has 24 heavy (non-hydrogen) atoms. The number of hydrogen-bond acceptors (Lipinski definition) is 4. The van der Waals surface area contributed by atoms with Crippen LogP contribution in [-0.4, -0.2) is 22.0 Å². The van der Waals surface area contributed by atoms with Crippen LogP contribution in [0.5, 0.6) is 0 Å². The zero-order valence-corrected chi connectivity index (χ0v) is 14.3. The summed E-state index contributed by atoms with van der Waals surface area (Å²) in [4.78, 5) is 29.3. The Hall–Kier alpha value is -2.47. The Balaban J connectivity index is 1.53. The van der Waals surface area contributed by atoms with Crippen LogP contribution >= 0.6 is 11.3 Å². The fourth-order valence-corrected chi connectivity index (χ4v) is 3.25. The van der Waals surface area contributed by atoms with Gasteiger partial charge in [-0.3, -0.25) is 14.2 Å². The largest absolute Gasteiger partial charge is 0.355 e. The predicted octanol–water partition coefficient (Wildman–Crippen LogP) is 2.77. The standard InChI is InChI=1S/C18H19N3O2S/c1-13(14-5-3-2-4-6-14)11-19-16(22)7-9-21-12-20-17-15(18(21)23)8-10-24-17/h2-6,8,10,12-13H,7,9,11H2,1H3,(H,19,22)/t13-/m1/s1. The molecule has 1 N–H and O–H groups in total. The highest BCUT2D eigenvalue weighted by atomic mass is 32.1. The molecule has 0 aliphatic rings. The fourth-order valence-electron chi connectivity index (χ4n) is 2.53. The summed E-state index contributed by atoms with van der Waals surface area (Å²) in [6.45, 7) is 3.00. The molecule has 0 radical (unpaired) electrons. The van der Waals surface area contributed by atoms with Gasteiger partial charge in [0.05, 0.1) is 11.7 Å². The van der Waals surface area contributed by atoms with Gasteiger partial charge in [-0.05, 0) is 22.9 Å². The zero-order chi connectivity index (χ0) is 16.9. The number of amides is 1. The Bertz CT molecular complexity index is 886. The van der Waals surface area contributed by atoms with Crippen LogP contribution in [0.2, 0.25) is 0 Å². The maximum Gasteiger partial charge on any atom is 0.262 e. The molecule has 5 nitrogen and oxygen atoms in total. The number of fused-ring (bicyclic) bond motifs is 1. The highest BCUT2D eigenvalue weighted by Crippen LogP contribution is 2.14. The van der Waals surface area contributed by atoms with Crippen LogP contribution in [0.4, 0.5) is 0 Å². The lowest BCUT2D eigenvalue weighted by Crippen LogP contribution is -2.30. The summed E-state index contributed by atoms with van der Waals surface area (Å²) in [6.07, 6.45) is 1.78. The molecule has 0 saturated heterocycles.